The zero-order chi connectivity index (χ0) is 14.7. The number of rotatable bonds is 4. The Balaban J connectivity index is 1.66. The number of benzene rings is 2. The van der Waals surface area contributed by atoms with Gasteiger partial charge in [0.2, 0.25) is 0 Å². The van der Waals surface area contributed by atoms with E-state index in [2.05, 4.69) is 0 Å². The van der Waals surface area contributed by atoms with Crippen LogP contribution in [0.3, 0.4) is 0 Å². The molecule has 3 heteroatoms. The van der Waals surface area contributed by atoms with E-state index in [1.165, 1.54) is 0 Å². The Labute approximate surface area is 124 Å². The van der Waals surface area contributed by atoms with Crippen molar-refractivity contribution in [3.05, 3.63) is 71.3 Å². The van der Waals surface area contributed by atoms with E-state index >= 15 is 0 Å². The fourth-order valence-electron chi connectivity index (χ4n) is 2.47. The van der Waals surface area contributed by atoms with Gasteiger partial charge in [0.25, 0.3) is 0 Å². The third kappa shape index (κ3) is 2.99. The molecule has 2 aromatic carbocycles. The molecule has 2 aromatic rings. The average Bonchev–Trinajstić information content (AvgIpc) is 2.55. The second kappa shape index (κ2) is 6.12. The molecule has 2 atom stereocenters. The standard InChI is InChI=1S/C18H18O3/c1-20-15-9-6-13(7-10-15)12-21-17-11-8-14-4-2-3-5-16(14)18(17)19/h2-11,17-19H,12H2,1H3/t17-,18-/m0/s1. The quantitative estimate of drug-likeness (QED) is 0.934. The highest BCUT2D eigenvalue weighted by Gasteiger charge is 2.24. The van der Waals surface area contributed by atoms with Crippen molar-refractivity contribution < 1.29 is 14.6 Å². The lowest BCUT2D eigenvalue weighted by atomic mass is 9.93. The molecule has 108 valence electrons. The van der Waals surface area contributed by atoms with Crippen molar-refractivity contribution in [3.8, 4) is 5.75 Å². The molecule has 0 unspecified atom stereocenters. The van der Waals surface area contributed by atoms with E-state index < -0.39 is 6.10 Å². The van der Waals surface area contributed by atoms with Gasteiger partial charge in [0.15, 0.2) is 0 Å². The molecule has 0 saturated carbocycles. The second-order valence-corrected chi connectivity index (χ2v) is 5.06. The maximum absolute atomic E-state index is 10.4. The summed E-state index contributed by atoms with van der Waals surface area (Å²) < 4.78 is 11.0. The second-order valence-electron chi connectivity index (χ2n) is 5.06. The number of aliphatic hydroxyl groups is 1. The molecule has 1 N–H and O–H groups in total. The van der Waals surface area contributed by atoms with Crippen molar-refractivity contribution in [2.75, 3.05) is 7.11 Å². The molecular formula is C18H18O3. The summed E-state index contributed by atoms with van der Waals surface area (Å²) in [7, 11) is 1.64. The number of hydrogen-bond acceptors (Lipinski definition) is 3. The van der Waals surface area contributed by atoms with Gasteiger partial charge in [-0.2, -0.15) is 0 Å². The monoisotopic (exact) mass is 282 g/mol. The Hall–Kier alpha value is -2.10. The highest BCUT2D eigenvalue weighted by molar-refractivity contribution is 5.58. The Kier molecular flexibility index (Phi) is 4.04. The molecule has 21 heavy (non-hydrogen) atoms. The van der Waals surface area contributed by atoms with Gasteiger partial charge in [-0.05, 0) is 28.8 Å². The first-order valence-electron chi connectivity index (χ1n) is 6.97. The lowest BCUT2D eigenvalue weighted by Crippen LogP contribution is -2.23. The van der Waals surface area contributed by atoms with Crippen molar-refractivity contribution >= 4 is 6.08 Å². The van der Waals surface area contributed by atoms with Crippen LogP contribution in [0.5, 0.6) is 5.75 Å². The lowest BCUT2D eigenvalue weighted by Gasteiger charge is -2.25. The van der Waals surface area contributed by atoms with Gasteiger partial charge in [0, 0.05) is 0 Å². The predicted molar refractivity (Wildman–Crippen MR) is 82.0 cm³/mol. The van der Waals surface area contributed by atoms with Gasteiger partial charge >= 0.3 is 0 Å². The minimum Gasteiger partial charge on any atom is -0.497 e. The highest BCUT2D eigenvalue weighted by atomic mass is 16.5. The molecule has 0 bridgehead atoms. The molecule has 0 heterocycles. The molecule has 0 spiro atoms. The molecular weight excluding hydrogens is 264 g/mol. The Bertz CT molecular complexity index is 631. The molecule has 0 radical (unpaired) electrons. The lowest BCUT2D eigenvalue weighted by molar-refractivity contribution is -0.0206. The van der Waals surface area contributed by atoms with Gasteiger partial charge in [-0.25, -0.2) is 0 Å². The van der Waals surface area contributed by atoms with Crippen molar-refractivity contribution in [1.29, 1.82) is 0 Å². The van der Waals surface area contributed by atoms with Crippen LogP contribution in [0.15, 0.2) is 54.6 Å². The van der Waals surface area contributed by atoms with Crippen molar-refractivity contribution in [3.63, 3.8) is 0 Å². The summed E-state index contributed by atoms with van der Waals surface area (Å²) in [5.41, 5.74) is 3.02. The maximum atomic E-state index is 10.4. The summed E-state index contributed by atoms with van der Waals surface area (Å²) >= 11 is 0. The van der Waals surface area contributed by atoms with Gasteiger partial charge < -0.3 is 14.6 Å². The summed E-state index contributed by atoms with van der Waals surface area (Å²) in [5.74, 6) is 0.824. The van der Waals surface area contributed by atoms with Crippen molar-refractivity contribution in [2.24, 2.45) is 0 Å². The SMILES string of the molecule is COc1ccc(CO[C@H]2C=Cc3ccccc3[C@@H]2O)cc1. The molecule has 0 saturated heterocycles. The van der Waals surface area contributed by atoms with Gasteiger partial charge in [0.05, 0.1) is 13.7 Å². The van der Waals surface area contributed by atoms with Gasteiger partial charge in [-0.15, -0.1) is 0 Å². The molecule has 3 nitrogen and oxygen atoms in total. The van der Waals surface area contributed by atoms with E-state index in [1.807, 2.05) is 60.7 Å². The van der Waals surface area contributed by atoms with Crippen LogP contribution in [0.2, 0.25) is 0 Å². The Morgan fingerprint density at radius 3 is 2.57 bits per heavy atom. The fraction of sp³-hybridized carbons (Fsp3) is 0.222. The van der Waals surface area contributed by atoms with Crippen LogP contribution in [0.1, 0.15) is 22.8 Å². The summed E-state index contributed by atoms with van der Waals surface area (Å²) in [5, 5.41) is 10.4. The number of methoxy groups -OCH3 is 1. The first kappa shape index (κ1) is 13.9. The summed E-state index contributed by atoms with van der Waals surface area (Å²) in [4.78, 5) is 0. The zero-order valence-corrected chi connectivity index (χ0v) is 11.9. The van der Waals surface area contributed by atoms with E-state index in [4.69, 9.17) is 9.47 Å². The number of fused-ring (bicyclic) bond motifs is 1. The minimum atomic E-state index is -0.621. The van der Waals surface area contributed by atoms with Crippen LogP contribution in [-0.2, 0) is 11.3 Å². The molecule has 1 aliphatic rings. The molecule has 0 fully saturated rings. The van der Waals surface area contributed by atoms with Gasteiger partial charge in [0.1, 0.15) is 18.0 Å². The van der Waals surface area contributed by atoms with Crippen LogP contribution in [-0.4, -0.2) is 18.3 Å². The number of hydrogen-bond donors (Lipinski definition) is 1. The maximum Gasteiger partial charge on any atom is 0.118 e. The first-order valence-corrected chi connectivity index (χ1v) is 6.97. The van der Waals surface area contributed by atoms with E-state index in [0.717, 1.165) is 22.4 Å². The summed E-state index contributed by atoms with van der Waals surface area (Å²) in [6.45, 7) is 0.457. The molecule has 0 aliphatic heterocycles. The van der Waals surface area contributed by atoms with Crippen LogP contribution in [0, 0.1) is 0 Å². The van der Waals surface area contributed by atoms with Gasteiger partial charge in [-0.1, -0.05) is 48.6 Å². The highest BCUT2D eigenvalue weighted by Crippen LogP contribution is 2.30. The minimum absolute atomic E-state index is 0.318. The summed E-state index contributed by atoms with van der Waals surface area (Å²) in [6, 6.07) is 15.6. The van der Waals surface area contributed by atoms with E-state index in [-0.39, 0.29) is 6.10 Å². The van der Waals surface area contributed by atoms with Crippen LogP contribution < -0.4 is 4.74 Å². The van der Waals surface area contributed by atoms with Crippen molar-refractivity contribution in [2.45, 2.75) is 18.8 Å². The van der Waals surface area contributed by atoms with E-state index in [1.54, 1.807) is 7.11 Å². The van der Waals surface area contributed by atoms with Crippen LogP contribution in [0.4, 0.5) is 0 Å². The number of aliphatic hydroxyl groups excluding tert-OH is 1. The van der Waals surface area contributed by atoms with Crippen LogP contribution in [0.25, 0.3) is 6.08 Å². The first-order chi connectivity index (χ1) is 10.3. The normalized spacial score (nSPS) is 20.1. The summed E-state index contributed by atoms with van der Waals surface area (Å²) in [6.07, 6.45) is 2.98. The topological polar surface area (TPSA) is 38.7 Å². The molecule has 1 aliphatic carbocycles. The zero-order valence-electron chi connectivity index (χ0n) is 11.9. The molecule has 3 rings (SSSR count). The van der Waals surface area contributed by atoms with Crippen LogP contribution >= 0.6 is 0 Å². The largest absolute Gasteiger partial charge is 0.497 e. The average molecular weight is 282 g/mol. The predicted octanol–water partition coefficient (Wildman–Crippen LogP) is 3.34. The van der Waals surface area contributed by atoms with E-state index in [9.17, 15) is 5.11 Å². The smallest absolute Gasteiger partial charge is 0.118 e. The molecule has 0 aromatic heterocycles. The van der Waals surface area contributed by atoms with Crippen molar-refractivity contribution in [1.82, 2.24) is 0 Å². The van der Waals surface area contributed by atoms with Gasteiger partial charge in [-0.3, -0.25) is 0 Å². The molecule has 0 amide bonds. The Morgan fingerprint density at radius 1 is 1.05 bits per heavy atom. The third-order valence-corrected chi connectivity index (χ3v) is 3.69. The van der Waals surface area contributed by atoms with E-state index in [0.29, 0.717) is 6.61 Å². The fourth-order valence-corrected chi connectivity index (χ4v) is 2.47. The third-order valence-electron chi connectivity index (χ3n) is 3.69. The Morgan fingerprint density at radius 2 is 1.81 bits per heavy atom. The number of ether oxygens (including phenoxy) is 2.